The highest BCUT2D eigenvalue weighted by Crippen LogP contribution is 2.30. The van der Waals surface area contributed by atoms with Gasteiger partial charge in [-0.15, -0.1) is 0 Å². The fraction of sp³-hybridized carbons (Fsp3) is 0.421. The normalized spacial score (nSPS) is 13.7. The van der Waals surface area contributed by atoms with Crippen LogP contribution in [0.5, 0.6) is 5.88 Å². The van der Waals surface area contributed by atoms with Crippen LogP contribution >= 0.6 is 11.8 Å². The van der Waals surface area contributed by atoms with E-state index < -0.39 is 0 Å². The lowest BCUT2D eigenvalue weighted by Crippen LogP contribution is -2.28. The van der Waals surface area contributed by atoms with E-state index in [4.69, 9.17) is 9.47 Å². The van der Waals surface area contributed by atoms with E-state index >= 15 is 0 Å². The zero-order valence-corrected chi connectivity index (χ0v) is 15.9. The zero-order valence-electron chi connectivity index (χ0n) is 15.1. The first kappa shape index (κ1) is 18.5. The molecule has 1 aliphatic rings. The zero-order chi connectivity index (χ0) is 18.4. The molecular weight excluding hydrogens is 348 g/mol. The molecule has 1 aliphatic heterocycles. The maximum Gasteiger partial charge on any atom is 0.238 e. The Morgan fingerprint density at radius 3 is 2.42 bits per heavy atom. The van der Waals surface area contributed by atoms with Gasteiger partial charge < -0.3 is 14.4 Å². The summed E-state index contributed by atoms with van der Waals surface area (Å²) in [5, 5.41) is 10.3. The van der Waals surface area contributed by atoms with Crippen molar-refractivity contribution in [1.82, 2.24) is 9.97 Å². The van der Waals surface area contributed by atoms with Gasteiger partial charge in [-0.25, -0.2) is 4.98 Å². The van der Waals surface area contributed by atoms with Gasteiger partial charge in [0.1, 0.15) is 12.7 Å². The van der Waals surface area contributed by atoms with Crippen molar-refractivity contribution in [2.24, 2.45) is 0 Å². The molecule has 0 atom stereocenters. The predicted octanol–water partition coefficient (Wildman–Crippen LogP) is 2.70. The van der Waals surface area contributed by atoms with E-state index in [1.54, 1.807) is 7.11 Å². The molecule has 26 heavy (non-hydrogen) atoms. The smallest absolute Gasteiger partial charge is 0.238 e. The van der Waals surface area contributed by atoms with Crippen molar-refractivity contribution in [3.8, 4) is 11.9 Å². The number of thioether (sulfide) groups is 1. The minimum absolute atomic E-state index is 0.334. The van der Waals surface area contributed by atoms with Crippen LogP contribution in [-0.4, -0.2) is 49.6 Å². The minimum atomic E-state index is 0.334. The molecule has 1 aromatic carbocycles. The van der Waals surface area contributed by atoms with Crippen LogP contribution < -0.4 is 9.64 Å². The molecule has 0 N–H and O–H groups in total. The summed E-state index contributed by atoms with van der Waals surface area (Å²) in [6.07, 6.45) is 3.78. The van der Waals surface area contributed by atoms with Crippen LogP contribution in [0.1, 0.15) is 16.7 Å². The molecule has 0 amide bonds. The quantitative estimate of drug-likeness (QED) is 0.440. The number of rotatable bonds is 6. The maximum absolute atomic E-state index is 9.72. The standard InChI is InChI=1S/C19H22N4O2S/c1-24-11-12-25-18-16(13-20)17(21-19(22-18)26-2)23-9-7-14-5-3-4-6-15(14)8-10-23/h3-6H,7-12H2,1-2H3. The average Bonchev–Trinajstić information content (AvgIpc) is 2.90. The molecule has 0 bridgehead atoms. The molecule has 3 rings (SSSR count). The molecule has 136 valence electrons. The minimum Gasteiger partial charge on any atom is -0.474 e. The molecule has 1 aromatic heterocycles. The van der Waals surface area contributed by atoms with Crippen LogP contribution in [-0.2, 0) is 17.6 Å². The summed E-state index contributed by atoms with van der Waals surface area (Å²) in [6, 6.07) is 10.7. The lowest BCUT2D eigenvalue weighted by atomic mass is 10.0. The SMILES string of the molecule is COCCOc1nc(SC)nc(N2CCc3ccccc3CC2)c1C#N. The topological polar surface area (TPSA) is 71.3 Å². The maximum atomic E-state index is 9.72. The number of hydrogen-bond acceptors (Lipinski definition) is 7. The van der Waals surface area contributed by atoms with E-state index in [0.717, 1.165) is 25.9 Å². The monoisotopic (exact) mass is 370 g/mol. The van der Waals surface area contributed by atoms with Crippen molar-refractivity contribution >= 4 is 17.6 Å². The summed E-state index contributed by atoms with van der Waals surface area (Å²) < 4.78 is 10.7. The van der Waals surface area contributed by atoms with Gasteiger partial charge in [0.25, 0.3) is 0 Å². The van der Waals surface area contributed by atoms with Gasteiger partial charge in [-0.05, 0) is 30.2 Å². The third-order valence-electron chi connectivity index (χ3n) is 4.38. The van der Waals surface area contributed by atoms with Gasteiger partial charge in [0.2, 0.25) is 5.88 Å². The number of ether oxygens (including phenoxy) is 2. The Kier molecular flexibility index (Phi) is 6.31. The van der Waals surface area contributed by atoms with Crippen LogP contribution in [0.3, 0.4) is 0 Å². The lowest BCUT2D eigenvalue weighted by Gasteiger charge is -2.23. The Morgan fingerprint density at radius 1 is 1.15 bits per heavy atom. The fourth-order valence-corrected chi connectivity index (χ4v) is 3.39. The largest absolute Gasteiger partial charge is 0.474 e. The number of anilines is 1. The van der Waals surface area contributed by atoms with E-state index in [2.05, 4.69) is 45.2 Å². The average molecular weight is 370 g/mol. The summed E-state index contributed by atoms with van der Waals surface area (Å²) >= 11 is 1.44. The first-order valence-electron chi connectivity index (χ1n) is 8.56. The third kappa shape index (κ3) is 4.09. The van der Waals surface area contributed by atoms with Crippen molar-refractivity contribution < 1.29 is 9.47 Å². The number of hydrogen-bond donors (Lipinski definition) is 0. The first-order chi connectivity index (χ1) is 12.8. The van der Waals surface area contributed by atoms with E-state index in [9.17, 15) is 5.26 Å². The second-order valence-corrected chi connectivity index (χ2v) is 6.70. The number of aromatic nitrogens is 2. The van der Waals surface area contributed by atoms with Gasteiger partial charge in [-0.3, -0.25) is 0 Å². The summed E-state index contributed by atoms with van der Waals surface area (Å²) in [4.78, 5) is 11.2. The van der Waals surface area contributed by atoms with Gasteiger partial charge in [0, 0.05) is 20.2 Å². The molecule has 2 heterocycles. The summed E-state index contributed by atoms with van der Waals surface area (Å²) in [5.41, 5.74) is 3.12. The van der Waals surface area contributed by atoms with Crippen molar-refractivity contribution in [2.45, 2.75) is 18.0 Å². The van der Waals surface area contributed by atoms with E-state index in [1.165, 1.54) is 22.9 Å². The molecule has 0 saturated heterocycles. The number of fused-ring (bicyclic) bond motifs is 1. The second-order valence-electron chi connectivity index (χ2n) is 5.92. The van der Waals surface area contributed by atoms with Crippen molar-refractivity contribution in [3.05, 3.63) is 41.0 Å². The molecule has 7 heteroatoms. The predicted molar refractivity (Wildman–Crippen MR) is 102 cm³/mol. The highest BCUT2D eigenvalue weighted by Gasteiger charge is 2.22. The Labute approximate surface area is 158 Å². The van der Waals surface area contributed by atoms with Crippen molar-refractivity contribution in [2.75, 3.05) is 44.6 Å². The molecular formula is C19H22N4O2S. The lowest BCUT2D eigenvalue weighted by molar-refractivity contribution is 0.143. The molecule has 0 saturated carbocycles. The first-order valence-corrected chi connectivity index (χ1v) is 9.79. The number of nitriles is 1. The second kappa shape index (κ2) is 8.88. The molecule has 2 aromatic rings. The van der Waals surface area contributed by atoms with Crippen LogP contribution in [0.25, 0.3) is 0 Å². The van der Waals surface area contributed by atoms with E-state index in [-0.39, 0.29) is 0 Å². The van der Waals surface area contributed by atoms with Gasteiger partial charge in [0.05, 0.1) is 6.61 Å². The van der Waals surface area contributed by atoms with Gasteiger partial charge >= 0.3 is 0 Å². The number of benzene rings is 1. The Hall–Kier alpha value is -2.30. The molecule has 0 unspecified atom stereocenters. The number of nitrogens with zero attached hydrogens (tertiary/aromatic N) is 4. The van der Waals surface area contributed by atoms with E-state index in [1.807, 2.05) is 6.26 Å². The summed E-state index contributed by atoms with van der Waals surface area (Å²) in [6.45, 7) is 2.42. The summed E-state index contributed by atoms with van der Waals surface area (Å²) in [7, 11) is 1.61. The molecule has 0 fully saturated rings. The van der Waals surface area contributed by atoms with Gasteiger partial charge in [-0.1, -0.05) is 36.0 Å². The van der Waals surface area contributed by atoms with Gasteiger partial charge in [-0.2, -0.15) is 10.2 Å². The molecule has 6 nitrogen and oxygen atoms in total. The molecule has 0 radical (unpaired) electrons. The van der Waals surface area contributed by atoms with Crippen LogP contribution in [0, 0.1) is 11.3 Å². The third-order valence-corrected chi connectivity index (χ3v) is 4.92. The van der Waals surface area contributed by atoms with E-state index in [0.29, 0.717) is 35.6 Å². The highest BCUT2D eigenvalue weighted by atomic mass is 32.2. The van der Waals surface area contributed by atoms with Crippen LogP contribution in [0.4, 0.5) is 5.82 Å². The van der Waals surface area contributed by atoms with Crippen LogP contribution in [0.15, 0.2) is 29.4 Å². The molecule has 0 aliphatic carbocycles. The van der Waals surface area contributed by atoms with Crippen molar-refractivity contribution in [1.29, 1.82) is 5.26 Å². The van der Waals surface area contributed by atoms with Crippen LogP contribution in [0.2, 0.25) is 0 Å². The fourth-order valence-electron chi connectivity index (χ4n) is 3.03. The Balaban J connectivity index is 1.91. The summed E-state index contributed by atoms with van der Waals surface area (Å²) in [5.74, 6) is 0.993. The Morgan fingerprint density at radius 2 is 1.85 bits per heavy atom. The highest BCUT2D eigenvalue weighted by molar-refractivity contribution is 7.98. The number of methoxy groups -OCH3 is 1. The molecule has 0 spiro atoms. The Bertz CT molecular complexity index is 780. The van der Waals surface area contributed by atoms with Gasteiger partial charge in [0.15, 0.2) is 16.5 Å². The van der Waals surface area contributed by atoms with Crippen molar-refractivity contribution in [3.63, 3.8) is 0 Å².